The number of benzene rings is 1. The second-order valence-corrected chi connectivity index (χ2v) is 9.35. The number of nitrogens with zero attached hydrogens (tertiary/aromatic N) is 2. The summed E-state index contributed by atoms with van der Waals surface area (Å²) in [6.45, 7) is 0. The number of nitrogens with one attached hydrogen (secondary N) is 1. The fourth-order valence-electron chi connectivity index (χ4n) is 4.16. The molecule has 0 bridgehead atoms. The molecule has 0 aliphatic heterocycles. The van der Waals surface area contributed by atoms with Gasteiger partial charge in [-0.15, -0.1) is 11.3 Å². The van der Waals surface area contributed by atoms with Gasteiger partial charge in [0.1, 0.15) is 21.7 Å². The molecule has 0 fully saturated rings. The zero-order valence-corrected chi connectivity index (χ0v) is 18.3. The smallest absolute Gasteiger partial charge is 0.127 e. The van der Waals surface area contributed by atoms with Crippen molar-refractivity contribution in [3.05, 3.63) is 58.6 Å². The van der Waals surface area contributed by atoms with Gasteiger partial charge in [0.05, 0.1) is 12.7 Å². The van der Waals surface area contributed by atoms with Crippen LogP contribution in [0.15, 0.2) is 41.8 Å². The molecule has 0 saturated carbocycles. The van der Waals surface area contributed by atoms with Crippen LogP contribution in [0.1, 0.15) is 36.1 Å². The normalized spacial score (nSPS) is 13.5. The number of pyridine rings is 1. The molecule has 1 aliphatic carbocycles. The van der Waals surface area contributed by atoms with E-state index < -0.39 is 0 Å². The molecule has 3 heterocycles. The first-order valence-corrected chi connectivity index (χ1v) is 11.8. The second-order valence-electron chi connectivity index (χ2n) is 7.40. The Bertz CT molecular complexity index is 1230. The van der Waals surface area contributed by atoms with Crippen molar-refractivity contribution < 1.29 is 4.74 Å². The SMILES string of the molecule is COc1ccc(Nc2sc3nc4c(c(-c5cccs5)c3c2C#N)CCCCC4)cc1. The summed E-state index contributed by atoms with van der Waals surface area (Å²) in [5, 5.41) is 17.5. The Morgan fingerprint density at radius 1 is 1.10 bits per heavy atom. The van der Waals surface area contributed by atoms with Crippen LogP contribution in [0.2, 0.25) is 0 Å². The monoisotopic (exact) mass is 431 g/mol. The molecule has 4 aromatic rings. The lowest BCUT2D eigenvalue weighted by Crippen LogP contribution is -1.99. The first-order chi connectivity index (χ1) is 14.8. The van der Waals surface area contributed by atoms with Crippen molar-refractivity contribution in [3.8, 4) is 22.3 Å². The zero-order chi connectivity index (χ0) is 20.5. The van der Waals surface area contributed by atoms with E-state index in [4.69, 9.17) is 9.72 Å². The minimum atomic E-state index is 0.689. The summed E-state index contributed by atoms with van der Waals surface area (Å²) < 4.78 is 5.25. The lowest BCUT2D eigenvalue weighted by atomic mass is 9.96. The van der Waals surface area contributed by atoms with Gasteiger partial charge in [-0.25, -0.2) is 4.98 Å². The van der Waals surface area contributed by atoms with Crippen LogP contribution in [-0.4, -0.2) is 12.1 Å². The molecule has 150 valence electrons. The van der Waals surface area contributed by atoms with Crippen molar-refractivity contribution in [2.24, 2.45) is 0 Å². The summed E-state index contributed by atoms with van der Waals surface area (Å²) in [7, 11) is 1.66. The maximum absolute atomic E-state index is 10.1. The summed E-state index contributed by atoms with van der Waals surface area (Å²) >= 11 is 3.31. The topological polar surface area (TPSA) is 57.9 Å². The lowest BCUT2D eigenvalue weighted by molar-refractivity contribution is 0.415. The maximum atomic E-state index is 10.1. The first-order valence-electron chi connectivity index (χ1n) is 10.1. The van der Waals surface area contributed by atoms with Gasteiger partial charge in [-0.3, -0.25) is 0 Å². The maximum Gasteiger partial charge on any atom is 0.127 e. The van der Waals surface area contributed by atoms with Crippen LogP contribution in [0.3, 0.4) is 0 Å². The van der Waals surface area contributed by atoms with Crippen LogP contribution in [-0.2, 0) is 12.8 Å². The van der Waals surface area contributed by atoms with Crippen LogP contribution in [0.5, 0.6) is 5.75 Å². The summed E-state index contributed by atoms with van der Waals surface area (Å²) in [5.74, 6) is 0.808. The lowest BCUT2D eigenvalue weighted by Gasteiger charge is -2.13. The predicted molar refractivity (Wildman–Crippen MR) is 125 cm³/mol. The Morgan fingerprint density at radius 3 is 2.67 bits per heavy atom. The number of rotatable bonds is 4. The van der Waals surface area contributed by atoms with Gasteiger partial charge in [-0.2, -0.15) is 5.26 Å². The Kier molecular flexibility index (Phi) is 5.16. The average molecular weight is 432 g/mol. The molecule has 3 aromatic heterocycles. The van der Waals surface area contributed by atoms with Gasteiger partial charge in [0.2, 0.25) is 0 Å². The van der Waals surface area contributed by atoms with Gasteiger partial charge < -0.3 is 10.1 Å². The third-order valence-electron chi connectivity index (χ3n) is 5.59. The summed E-state index contributed by atoms with van der Waals surface area (Å²) in [6.07, 6.45) is 5.66. The van der Waals surface area contributed by atoms with Crippen molar-refractivity contribution in [2.45, 2.75) is 32.1 Å². The van der Waals surface area contributed by atoms with Crippen molar-refractivity contribution in [3.63, 3.8) is 0 Å². The molecular formula is C24H21N3OS2. The minimum absolute atomic E-state index is 0.689. The molecular weight excluding hydrogens is 410 g/mol. The quantitative estimate of drug-likeness (QED) is 0.356. The van der Waals surface area contributed by atoms with Gasteiger partial charge >= 0.3 is 0 Å². The highest BCUT2D eigenvalue weighted by molar-refractivity contribution is 7.23. The molecule has 0 amide bonds. The molecule has 0 spiro atoms. The van der Waals surface area contributed by atoms with Gasteiger partial charge in [-0.1, -0.05) is 23.8 Å². The van der Waals surface area contributed by atoms with Gasteiger partial charge in [0.25, 0.3) is 0 Å². The number of hydrogen-bond acceptors (Lipinski definition) is 6. The van der Waals surface area contributed by atoms with Crippen molar-refractivity contribution >= 4 is 43.6 Å². The molecule has 1 aromatic carbocycles. The molecule has 0 unspecified atom stereocenters. The minimum Gasteiger partial charge on any atom is -0.497 e. The van der Waals surface area contributed by atoms with Gasteiger partial charge in [0, 0.05) is 27.2 Å². The molecule has 0 atom stereocenters. The third kappa shape index (κ3) is 3.34. The van der Waals surface area contributed by atoms with E-state index in [0.29, 0.717) is 5.56 Å². The molecule has 0 saturated heterocycles. The molecule has 0 radical (unpaired) electrons. The van der Waals surface area contributed by atoms with Crippen LogP contribution in [0, 0.1) is 11.3 Å². The Morgan fingerprint density at radius 2 is 1.93 bits per heavy atom. The largest absolute Gasteiger partial charge is 0.497 e. The van der Waals surface area contributed by atoms with Crippen LogP contribution >= 0.6 is 22.7 Å². The third-order valence-corrected chi connectivity index (χ3v) is 7.48. The number of nitriles is 1. The van der Waals surface area contributed by atoms with E-state index in [1.165, 1.54) is 41.0 Å². The van der Waals surface area contributed by atoms with Crippen LogP contribution < -0.4 is 10.1 Å². The van der Waals surface area contributed by atoms with Gasteiger partial charge in [-0.05, 0) is 67.0 Å². The number of ether oxygens (including phenoxy) is 1. The molecule has 1 aliphatic rings. The Hall–Kier alpha value is -2.88. The standard InChI is InChI=1S/C24H21N3OS2/c1-28-16-11-9-15(10-12-16)26-23-18(14-25)22-21(20-8-5-13-29-20)17-6-3-2-4-7-19(17)27-24(22)30-23/h5,8-13,26H,2-4,6-7H2,1H3. The summed E-state index contributed by atoms with van der Waals surface area (Å²) in [6, 6.07) is 14.5. The Labute approximate surface area is 183 Å². The highest BCUT2D eigenvalue weighted by Crippen LogP contribution is 2.45. The average Bonchev–Trinajstić information content (AvgIpc) is 3.35. The van der Waals surface area contributed by atoms with E-state index >= 15 is 0 Å². The highest BCUT2D eigenvalue weighted by Gasteiger charge is 2.24. The number of thiophene rings is 2. The number of aryl methyl sites for hydroxylation is 1. The number of methoxy groups -OCH3 is 1. The van der Waals surface area contributed by atoms with Gasteiger partial charge in [0.15, 0.2) is 0 Å². The van der Waals surface area contributed by atoms with E-state index in [0.717, 1.165) is 39.5 Å². The van der Waals surface area contributed by atoms with Crippen molar-refractivity contribution in [1.82, 2.24) is 4.98 Å². The van der Waals surface area contributed by atoms with Crippen molar-refractivity contribution in [1.29, 1.82) is 5.26 Å². The zero-order valence-electron chi connectivity index (χ0n) is 16.7. The first kappa shape index (κ1) is 19.1. The number of anilines is 2. The second kappa shape index (κ2) is 8.10. The van der Waals surface area contributed by atoms with Crippen LogP contribution in [0.25, 0.3) is 20.7 Å². The van der Waals surface area contributed by atoms with E-state index in [-0.39, 0.29) is 0 Å². The van der Waals surface area contributed by atoms with E-state index in [9.17, 15) is 5.26 Å². The summed E-state index contributed by atoms with van der Waals surface area (Å²) in [4.78, 5) is 7.23. The molecule has 30 heavy (non-hydrogen) atoms. The number of aromatic nitrogens is 1. The summed E-state index contributed by atoms with van der Waals surface area (Å²) in [5.41, 5.74) is 5.40. The fraction of sp³-hybridized carbons (Fsp3) is 0.250. The molecule has 5 rings (SSSR count). The molecule has 4 nitrogen and oxygen atoms in total. The molecule has 1 N–H and O–H groups in total. The Balaban J connectivity index is 1.71. The highest BCUT2D eigenvalue weighted by atomic mass is 32.1. The van der Waals surface area contributed by atoms with Crippen molar-refractivity contribution in [2.75, 3.05) is 12.4 Å². The predicted octanol–water partition coefficient (Wildman–Crippen LogP) is 6.92. The fourth-order valence-corrected chi connectivity index (χ4v) is 6.03. The number of hydrogen-bond donors (Lipinski definition) is 1. The number of fused-ring (bicyclic) bond motifs is 2. The van der Waals surface area contributed by atoms with E-state index in [1.54, 1.807) is 29.8 Å². The van der Waals surface area contributed by atoms with E-state index in [1.807, 2.05) is 24.3 Å². The van der Waals surface area contributed by atoms with Crippen LogP contribution in [0.4, 0.5) is 10.7 Å². The molecule has 6 heteroatoms. The van der Waals surface area contributed by atoms with E-state index in [2.05, 4.69) is 28.9 Å².